The molecule has 3 heteroatoms. The van der Waals surface area contributed by atoms with Crippen LogP contribution in [0.25, 0.3) is 0 Å². The van der Waals surface area contributed by atoms with Crippen molar-refractivity contribution < 1.29 is 4.79 Å². The molecular formula is C8H11NOS. The van der Waals surface area contributed by atoms with Crippen LogP contribution in [0.2, 0.25) is 0 Å². The molecule has 0 N–H and O–H groups in total. The lowest BCUT2D eigenvalue weighted by Gasteiger charge is -2.03. The smallest absolute Gasteiger partial charge is 0.142 e. The fourth-order valence-corrected chi connectivity index (χ4v) is 1.61. The molecule has 0 aliphatic carbocycles. The van der Waals surface area contributed by atoms with Crippen LogP contribution in [0.5, 0.6) is 0 Å². The molecule has 1 heterocycles. The Hall–Kier alpha value is -0.700. The molecule has 1 rings (SSSR count). The lowest BCUT2D eigenvalue weighted by molar-refractivity contribution is -0.119. The number of rotatable bonds is 3. The Kier molecular flexibility index (Phi) is 2.76. The first-order valence-electron chi connectivity index (χ1n) is 3.67. The topological polar surface area (TPSA) is 30.0 Å². The summed E-state index contributed by atoms with van der Waals surface area (Å²) >= 11 is 1.54. The second-order valence-corrected chi connectivity index (χ2v) is 3.34. The molecule has 0 spiro atoms. The van der Waals surface area contributed by atoms with Gasteiger partial charge in [0.15, 0.2) is 0 Å². The number of Topliss-reactive ketones (excluding diaryl/α,β-unsaturated/α-hetero) is 1. The summed E-state index contributed by atoms with van der Waals surface area (Å²) in [6.45, 7) is 3.79. The van der Waals surface area contributed by atoms with Crippen molar-refractivity contribution in [3.63, 3.8) is 0 Å². The molecule has 0 fully saturated rings. The Balaban J connectivity index is 2.70. The van der Waals surface area contributed by atoms with Crippen LogP contribution in [0, 0.1) is 0 Å². The molecule has 0 aliphatic heterocycles. The summed E-state index contributed by atoms with van der Waals surface area (Å²) in [7, 11) is 0. The van der Waals surface area contributed by atoms with Crippen molar-refractivity contribution in [1.82, 2.24) is 4.98 Å². The molecule has 1 aromatic heterocycles. The van der Waals surface area contributed by atoms with Crippen LogP contribution in [0.3, 0.4) is 0 Å². The van der Waals surface area contributed by atoms with E-state index in [9.17, 15) is 4.79 Å². The van der Waals surface area contributed by atoms with Crippen molar-refractivity contribution in [2.75, 3.05) is 0 Å². The van der Waals surface area contributed by atoms with Gasteiger partial charge in [-0.05, 0) is 6.92 Å². The first kappa shape index (κ1) is 8.40. The summed E-state index contributed by atoms with van der Waals surface area (Å²) in [5, 5.41) is 2.83. The van der Waals surface area contributed by atoms with E-state index >= 15 is 0 Å². The van der Waals surface area contributed by atoms with Gasteiger partial charge in [-0.1, -0.05) is 6.92 Å². The molecule has 0 saturated heterocycles. The lowest BCUT2D eigenvalue weighted by atomic mass is 10.1. The minimum absolute atomic E-state index is 0.0139. The Morgan fingerprint density at radius 3 is 3.00 bits per heavy atom. The van der Waals surface area contributed by atoms with Crippen molar-refractivity contribution in [3.05, 3.63) is 16.6 Å². The van der Waals surface area contributed by atoms with Gasteiger partial charge in [0.05, 0.1) is 5.92 Å². The normalized spacial score (nSPS) is 12.9. The number of thiazole rings is 1. The zero-order valence-corrected chi connectivity index (χ0v) is 7.52. The fourth-order valence-electron chi connectivity index (χ4n) is 0.892. The summed E-state index contributed by atoms with van der Waals surface area (Å²) < 4.78 is 0. The average molecular weight is 169 g/mol. The Morgan fingerprint density at radius 2 is 2.55 bits per heavy atom. The van der Waals surface area contributed by atoms with Gasteiger partial charge in [-0.3, -0.25) is 4.79 Å². The van der Waals surface area contributed by atoms with Gasteiger partial charge >= 0.3 is 0 Å². The molecule has 11 heavy (non-hydrogen) atoms. The van der Waals surface area contributed by atoms with Crippen LogP contribution in [-0.2, 0) is 4.79 Å². The molecule has 0 aromatic carbocycles. The van der Waals surface area contributed by atoms with E-state index in [1.807, 2.05) is 19.2 Å². The Bertz CT molecular complexity index is 230. The highest BCUT2D eigenvalue weighted by Gasteiger charge is 2.14. The maximum absolute atomic E-state index is 11.2. The van der Waals surface area contributed by atoms with Crippen LogP contribution in [0.15, 0.2) is 11.6 Å². The standard InChI is InChI=1S/C8H11NOS/c1-3-7(10)6(2)8-9-4-5-11-8/h4-6H,3H2,1-2H3. The van der Waals surface area contributed by atoms with E-state index < -0.39 is 0 Å². The zero-order chi connectivity index (χ0) is 8.27. The van der Waals surface area contributed by atoms with Crippen LogP contribution >= 0.6 is 11.3 Å². The highest BCUT2D eigenvalue weighted by molar-refractivity contribution is 7.09. The molecule has 1 aromatic rings. The molecule has 0 bridgehead atoms. The predicted octanol–water partition coefficient (Wildman–Crippen LogP) is 2.23. The second-order valence-electron chi connectivity index (χ2n) is 2.41. The minimum Gasteiger partial charge on any atom is -0.299 e. The van der Waals surface area contributed by atoms with Crippen molar-refractivity contribution in [2.24, 2.45) is 0 Å². The van der Waals surface area contributed by atoms with Crippen LogP contribution in [0.4, 0.5) is 0 Å². The van der Waals surface area contributed by atoms with E-state index in [1.165, 1.54) is 0 Å². The predicted molar refractivity (Wildman–Crippen MR) is 45.8 cm³/mol. The Labute approximate surface area is 70.3 Å². The first-order valence-corrected chi connectivity index (χ1v) is 4.55. The average Bonchev–Trinajstić information content (AvgIpc) is 2.53. The van der Waals surface area contributed by atoms with E-state index in [4.69, 9.17) is 0 Å². The minimum atomic E-state index is -0.0139. The third-order valence-electron chi connectivity index (χ3n) is 1.65. The van der Waals surface area contributed by atoms with Gasteiger partial charge in [0, 0.05) is 18.0 Å². The van der Waals surface area contributed by atoms with Gasteiger partial charge in [-0.2, -0.15) is 0 Å². The van der Waals surface area contributed by atoms with Crippen LogP contribution in [-0.4, -0.2) is 10.8 Å². The van der Waals surface area contributed by atoms with Gasteiger partial charge in [0.25, 0.3) is 0 Å². The summed E-state index contributed by atoms with van der Waals surface area (Å²) in [4.78, 5) is 15.3. The number of hydrogen-bond acceptors (Lipinski definition) is 3. The summed E-state index contributed by atoms with van der Waals surface area (Å²) in [6, 6.07) is 0. The number of nitrogens with zero attached hydrogens (tertiary/aromatic N) is 1. The number of hydrogen-bond donors (Lipinski definition) is 0. The van der Waals surface area contributed by atoms with Crippen molar-refractivity contribution in [1.29, 1.82) is 0 Å². The van der Waals surface area contributed by atoms with E-state index in [1.54, 1.807) is 17.5 Å². The molecule has 2 nitrogen and oxygen atoms in total. The van der Waals surface area contributed by atoms with Gasteiger partial charge in [0.2, 0.25) is 0 Å². The van der Waals surface area contributed by atoms with Crippen LogP contribution in [0.1, 0.15) is 31.2 Å². The molecule has 0 aliphatic rings. The SMILES string of the molecule is CCC(=O)C(C)c1nccs1. The van der Waals surface area contributed by atoms with Crippen molar-refractivity contribution >= 4 is 17.1 Å². The Morgan fingerprint density at radius 1 is 1.82 bits per heavy atom. The summed E-state index contributed by atoms with van der Waals surface area (Å²) in [6.07, 6.45) is 2.33. The number of carbonyl (C=O) groups excluding carboxylic acids is 1. The molecule has 1 atom stereocenters. The van der Waals surface area contributed by atoms with Crippen molar-refractivity contribution in [2.45, 2.75) is 26.2 Å². The molecule has 0 amide bonds. The third-order valence-corrected chi connectivity index (χ3v) is 2.61. The van der Waals surface area contributed by atoms with E-state index in [-0.39, 0.29) is 11.7 Å². The van der Waals surface area contributed by atoms with E-state index in [0.717, 1.165) is 5.01 Å². The molecular weight excluding hydrogens is 158 g/mol. The van der Waals surface area contributed by atoms with E-state index in [2.05, 4.69) is 4.98 Å². The number of aromatic nitrogens is 1. The largest absolute Gasteiger partial charge is 0.299 e. The lowest BCUT2D eigenvalue weighted by Crippen LogP contribution is -2.06. The van der Waals surface area contributed by atoms with Crippen molar-refractivity contribution in [3.8, 4) is 0 Å². The van der Waals surface area contributed by atoms with Gasteiger partial charge < -0.3 is 0 Å². The highest BCUT2D eigenvalue weighted by atomic mass is 32.1. The highest BCUT2D eigenvalue weighted by Crippen LogP contribution is 2.19. The molecule has 0 radical (unpaired) electrons. The maximum atomic E-state index is 11.2. The van der Waals surface area contributed by atoms with E-state index in [0.29, 0.717) is 6.42 Å². The first-order chi connectivity index (χ1) is 5.25. The second kappa shape index (κ2) is 3.62. The molecule has 60 valence electrons. The molecule has 1 unspecified atom stereocenters. The van der Waals surface area contributed by atoms with Gasteiger partial charge in [-0.25, -0.2) is 4.98 Å². The van der Waals surface area contributed by atoms with Gasteiger partial charge in [-0.15, -0.1) is 11.3 Å². The zero-order valence-electron chi connectivity index (χ0n) is 6.70. The van der Waals surface area contributed by atoms with Gasteiger partial charge in [0.1, 0.15) is 10.8 Å². The fraction of sp³-hybridized carbons (Fsp3) is 0.500. The molecule has 0 saturated carbocycles. The monoisotopic (exact) mass is 169 g/mol. The third kappa shape index (κ3) is 1.87. The summed E-state index contributed by atoms with van der Waals surface area (Å²) in [5.41, 5.74) is 0. The quantitative estimate of drug-likeness (QED) is 0.694. The number of ketones is 1. The summed E-state index contributed by atoms with van der Waals surface area (Å²) in [5.74, 6) is 0.250. The maximum Gasteiger partial charge on any atom is 0.142 e. The van der Waals surface area contributed by atoms with Crippen LogP contribution < -0.4 is 0 Å². The number of carbonyl (C=O) groups is 1.